The maximum absolute atomic E-state index is 12.8. The van der Waals surface area contributed by atoms with Crippen LogP contribution in [-0.2, 0) is 9.59 Å². The van der Waals surface area contributed by atoms with Gasteiger partial charge in [0.25, 0.3) is 11.8 Å². The first kappa shape index (κ1) is 21.8. The van der Waals surface area contributed by atoms with Crippen LogP contribution >= 0.6 is 24.0 Å². The minimum Gasteiger partial charge on any atom is -0.454 e. The summed E-state index contributed by atoms with van der Waals surface area (Å²) in [5, 5.41) is 5.41. The number of ether oxygens (including phenoxy) is 2. The lowest BCUT2D eigenvalue weighted by Gasteiger charge is -2.15. The van der Waals surface area contributed by atoms with Gasteiger partial charge in [-0.05, 0) is 42.0 Å². The van der Waals surface area contributed by atoms with Gasteiger partial charge in [0.05, 0.1) is 4.91 Å². The Balaban J connectivity index is 1.35. The van der Waals surface area contributed by atoms with Crippen molar-refractivity contribution < 1.29 is 23.9 Å². The maximum atomic E-state index is 12.8. The molecule has 2 aromatic carbocycles. The van der Waals surface area contributed by atoms with Gasteiger partial charge in [-0.2, -0.15) is 0 Å². The number of hydrogen-bond donors (Lipinski definition) is 2. The Morgan fingerprint density at radius 2 is 2.00 bits per heavy atom. The largest absolute Gasteiger partial charge is 0.454 e. The van der Waals surface area contributed by atoms with Gasteiger partial charge in [-0.1, -0.05) is 36.1 Å². The Bertz CT molecular complexity index is 1150. The van der Waals surface area contributed by atoms with Crippen molar-refractivity contribution in [1.82, 2.24) is 10.2 Å². The number of rotatable bonds is 6. The molecular formula is C22H19N3O5S2. The molecule has 0 atom stereocenters. The van der Waals surface area contributed by atoms with E-state index >= 15 is 0 Å². The molecule has 3 amide bonds. The molecule has 0 saturated carbocycles. The minimum atomic E-state index is -0.307. The van der Waals surface area contributed by atoms with Gasteiger partial charge in [0.2, 0.25) is 12.7 Å². The Morgan fingerprint density at radius 3 is 2.81 bits per heavy atom. The molecule has 0 spiro atoms. The van der Waals surface area contributed by atoms with Gasteiger partial charge in [0.1, 0.15) is 4.32 Å². The summed E-state index contributed by atoms with van der Waals surface area (Å²) in [5.41, 5.74) is 1.75. The second-order valence-electron chi connectivity index (χ2n) is 6.96. The second kappa shape index (κ2) is 9.41. The molecule has 0 aromatic heterocycles. The van der Waals surface area contributed by atoms with Crippen LogP contribution in [0.3, 0.4) is 0 Å². The summed E-state index contributed by atoms with van der Waals surface area (Å²) in [7, 11) is 0. The van der Waals surface area contributed by atoms with Gasteiger partial charge in [0, 0.05) is 31.3 Å². The summed E-state index contributed by atoms with van der Waals surface area (Å²) in [6.45, 7) is 2.06. The third-order valence-corrected chi connectivity index (χ3v) is 6.01. The van der Waals surface area contributed by atoms with Crippen LogP contribution in [0.5, 0.6) is 11.5 Å². The average molecular weight is 470 g/mol. The Kier molecular flexibility index (Phi) is 6.42. The van der Waals surface area contributed by atoms with Crippen LogP contribution in [0.4, 0.5) is 5.69 Å². The van der Waals surface area contributed by atoms with Gasteiger partial charge >= 0.3 is 0 Å². The molecule has 2 aromatic rings. The van der Waals surface area contributed by atoms with E-state index in [0.29, 0.717) is 32.0 Å². The van der Waals surface area contributed by atoms with Crippen molar-refractivity contribution in [3.63, 3.8) is 0 Å². The highest BCUT2D eigenvalue weighted by Gasteiger charge is 2.31. The monoisotopic (exact) mass is 469 g/mol. The van der Waals surface area contributed by atoms with Crippen molar-refractivity contribution in [2.24, 2.45) is 0 Å². The number of amides is 3. The number of hydrogen-bond acceptors (Lipinski definition) is 7. The molecule has 1 fully saturated rings. The zero-order valence-electron chi connectivity index (χ0n) is 17.0. The quantitative estimate of drug-likeness (QED) is 0.496. The highest BCUT2D eigenvalue weighted by Crippen LogP contribution is 2.36. The molecule has 164 valence electrons. The van der Waals surface area contributed by atoms with Gasteiger partial charge in [-0.15, -0.1) is 0 Å². The molecular weight excluding hydrogens is 450 g/mol. The number of anilines is 1. The number of carbonyl (C=O) groups excluding carboxylic acids is 3. The van der Waals surface area contributed by atoms with Gasteiger partial charge in [0.15, 0.2) is 11.5 Å². The zero-order chi connectivity index (χ0) is 22.7. The molecule has 32 heavy (non-hydrogen) atoms. The summed E-state index contributed by atoms with van der Waals surface area (Å²) in [6.07, 6.45) is 1.76. The van der Waals surface area contributed by atoms with E-state index in [1.165, 1.54) is 23.6 Å². The molecule has 8 nitrogen and oxygen atoms in total. The van der Waals surface area contributed by atoms with Crippen LogP contribution < -0.4 is 20.1 Å². The Labute approximate surface area is 193 Å². The highest BCUT2D eigenvalue weighted by molar-refractivity contribution is 8.26. The average Bonchev–Trinajstić information content (AvgIpc) is 3.32. The van der Waals surface area contributed by atoms with Crippen molar-refractivity contribution in [3.05, 3.63) is 58.5 Å². The number of benzene rings is 2. The molecule has 0 bridgehead atoms. The molecule has 2 aliphatic heterocycles. The van der Waals surface area contributed by atoms with Crippen LogP contribution in [0.2, 0.25) is 0 Å². The third kappa shape index (κ3) is 4.92. The number of nitrogens with one attached hydrogen (secondary N) is 2. The molecule has 2 aliphatic rings. The van der Waals surface area contributed by atoms with Crippen molar-refractivity contribution in [2.75, 3.05) is 25.2 Å². The summed E-state index contributed by atoms with van der Waals surface area (Å²) < 4.78 is 11.1. The Morgan fingerprint density at radius 1 is 1.19 bits per heavy atom. The van der Waals surface area contributed by atoms with Crippen LogP contribution in [-0.4, -0.2) is 46.8 Å². The number of thiocarbonyl (C=S) groups is 1. The van der Waals surface area contributed by atoms with E-state index in [1.54, 1.807) is 36.4 Å². The Hall–Kier alpha value is -3.37. The fourth-order valence-electron chi connectivity index (χ4n) is 3.17. The van der Waals surface area contributed by atoms with E-state index in [-0.39, 0.29) is 37.6 Å². The molecule has 0 radical (unpaired) electrons. The molecule has 2 N–H and O–H groups in total. The second-order valence-corrected chi connectivity index (χ2v) is 8.64. The van der Waals surface area contributed by atoms with Crippen LogP contribution in [0.15, 0.2) is 47.4 Å². The van der Waals surface area contributed by atoms with E-state index < -0.39 is 0 Å². The zero-order valence-corrected chi connectivity index (χ0v) is 18.7. The standard InChI is InChI=1S/C22H19N3O5S2/c1-13(26)24-16-4-2-3-15(11-16)20(27)23-7-8-25-21(28)19(32-22(25)31)10-14-5-6-17-18(9-14)30-12-29-17/h2-6,9-11H,7-8,12H2,1H3,(H,23,27)(H,24,26)/b19-10+. The topological polar surface area (TPSA) is 97.0 Å². The lowest BCUT2D eigenvalue weighted by Crippen LogP contribution is -2.37. The SMILES string of the molecule is CC(=O)Nc1cccc(C(=O)NCCN2C(=O)/C(=C\c3ccc4c(c3)OCO4)SC2=S)c1. The minimum absolute atomic E-state index is 0.185. The van der Waals surface area contributed by atoms with E-state index in [2.05, 4.69) is 10.6 Å². The lowest BCUT2D eigenvalue weighted by molar-refractivity contribution is -0.122. The number of thioether (sulfide) groups is 1. The van der Waals surface area contributed by atoms with Crippen LogP contribution in [0.1, 0.15) is 22.8 Å². The van der Waals surface area contributed by atoms with Gasteiger partial charge in [-0.25, -0.2) is 0 Å². The highest BCUT2D eigenvalue weighted by atomic mass is 32.2. The number of fused-ring (bicyclic) bond motifs is 1. The van der Waals surface area contributed by atoms with E-state index in [1.807, 2.05) is 12.1 Å². The van der Waals surface area contributed by atoms with Gasteiger partial charge in [-0.3, -0.25) is 19.3 Å². The summed E-state index contributed by atoms with van der Waals surface area (Å²) >= 11 is 6.57. The summed E-state index contributed by atoms with van der Waals surface area (Å²) in [4.78, 5) is 38.4. The van der Waals surface area contributed by atoms with Crippen LogP contribution in [0.25, 0.3) is 6.08 Å². The summed E-state index contributed by atoms with van der Waals surface area (Å²) in [6, 6.07) is 12.1. The van der Waals surface area contributed by atoms with Crippen molar-refractivity contribution in [1.29, 1.82) is 0 Å². The van der Waals surface area contributed by atoms with Crippen molar-refractivity contribution >= 4 is 57.8 Å². The molecule has 2 heterocycles. The molecule has 4 rings (SSSR count). The smallest absolute Gasteiger partial charge is 0.266 e. The van der Waals surface area contributed by atoms with Crippen molar-refractivity contribution in [2.45, 2.75) is 6.92 Å². The number of nitrogens with zero attached hydrogens (tertiary/aromatic N) is 1. The molecule has 10 heteroatoms. The van der Waals surface area contributed by atoms with E-state index in [0.717, 1.165) is 5.56 Å². The third-order valence-electron chi connectivity index (χ3n) is 4.63. The first-order valence-electron chi connectivity index (χ1n) is 9.71. The number of carbonyl (C=O) groups is 3. The molecule has 0 unspecified atom stereocenters. The lowest BCUT2D eigenvalue weighted by atomic mass is 10.2. The predicted molar refractivity (Wildman–Crippen MR) is 126 cm³/mol. The first-order valence-corrected chi connectivity index (χ1v) is 10.9. The fraction of sp³-hybridized carbons (Fsp3) is 0.182. The molecule has 0 aliphatic carbocycles. The van der Waals surface area contributed by atoms with Crippen molar-refractivity contribution in [3.8, 4) is 11.5 Å². The summed E-state index contributed by atoms with van der Waals surface area (Å²) in [5.74, 6) is 0.580. The fourth-order valence-corrected chi connectivity index (χ4v) is 4.48. The van der Waals surface area contributed by atoms with Gasteiger partial charge < -0.3 is 20.1 Å². The first-order chi connectivity index (χ1) is 15.4. The van der Waals surface area contributed by atoms with E-state index in [4.69, 9.17) is 21.7 Å². The van der Waals surface area contributed by atoms with Crippen LogP contribution in [0, 0.1) is 0 Å². The normalized spacial score (nSPS) is 15.9. The van der Waals surface area contributed by atoms with E-state index in [9.17, 15) is 14.4 Å². The predicted octanol–water partition coefficient (Wildman–Crippen LogP) is 3.00. The molecule has 1 saturated heterocycles. The maximum Gasteiger partial charge on any atom is 0.266 e.